The van der Waals surface area contributed by atoms with Gasteiger partial charge in [0.1, 0.15) is 0 Å². The Hall–Kier alpha value is -2.36. The van der Waals surface area contributed by atoms with Gasteiger partial charge in [-0.2, -0.15) is 22.5 Å². The third kappa shape index (κ3) is 7.87. The fourth-order valence-corrected chi connectivity index (χ4v) is 4.22. The van der Waals surface area contributed by atoms with Crippen LogP contribution in [0.25, 0.3) is 0 Å². The summed E-state index contributed by atoms with van der Waals surface area (Å²) in [5.74, 6) is -0.766. The van der Waals surface area contributed by atoms with E-state index in [0.29, 0.717) is 35.5 Å². The first kappa shape index (κ1) is 26.9. The van der Waals surface area contributed by atoms with Crippen LogP contribution in [0.2, 0.25) is 0 Å². The molecule has 2 aromatic rings. The van der Waals surface area contributed by atoms with Crippen molar-refractivity contribution in [3.8, 4) is 0 Å². The summed E-state index contributed by atoms with van der Waals surface area (Å²) in [4.78, 5) is 17.7. The number of methoxy groups -OCH3 is 1. The highest BCUT2D eigenvalue weighted by Crippen LogP contribution is 2.36. The van der Waals surface area contributed by atoms with Gasteiger partial charge in [0.15, 0.2) is 0 Å². The van der Waals surface area contributed by atoms with Crippen LogP contribution in [0.4, 0.5) is 29.7 Å². The molecule has 1 N–H and O–H groups in total. The fraction of sp³-hybridized carbons (Fsp3) is 0.609. The summed E-state index contributed by atoms with van der Waals surface area (Å²) >= 11 is 0.669. The summed E-state index contributed by atoms with van der Waals surface area (Å²) in [6.45, 7) is 12.1. The third-order valence-electron chi connectivity index (χ3n) is 5.06. The molecule has 1 heterocycles. The molecule has 0 unspecified atom stereocenters. The van der Waals surface area contributed by atoms with Gasteiger partial charge in [-0.1, -0.05) is 40.7 Å². The molecular weight excluding hydrogens is 453 g/mol. The van der Waals surface area contributed by atoms with E-state index in [1.807, 2.05) is 25.1 Å². The highest BCUT2D eigenvalue weighted by atomic mass is 32.1. The summed E-state index contributed by atoms with van der Waals surface area (Å²) < 4.78 is 47.3. The minimum Gasteiger partial charge on any atom is -0.469 e. The SMILES string of the molecule is CC[C@H](CC(=O)OC)c1ccc(N(CC(C)C)CC(C)C)c(Nc2nc(C(F)(F)F)ns2)c1. The summed E-state index contributed by atoms with van der Waals surface area (Å²) in [6.07, 6.45) is -3.66. The van der Waals surface area contributed by atoms with Crippen molar-refractivity contribution in [3.63, 3.8) is 0 Å². The molecule has 33 heavy (non-hydrogen) atoms. The van der Waals surface area contributed by atoms with E-state index in [9.17, 15) is 18.0 Å². The fourth-order valence-electron chi connectivity index (χ4n) is 3.62. The molecule has 1 atom stereocenters. The maximum absolute atomic E-state index is 13.0. The Balaban J connectivity index is 2.51. The zero-order valence-electron chi connectivity index (χ0n) is 20.0. The van der Waals surface area contributed by atoms with Crippen LogP contribution in [-0.2, 0) is 15.7 Å². The van der Waals surface area contributed by atoms with Crippen LogP contribution in [-0.4, -0.2) is 35.5 Å². The Morgan fingerprint density at radius 3 is 2.30 bits per heavy atom. The number of rotatable bonds is 11. The molecule has 10 heteroatoms. The number of nitrogens with zero attached hydrogens (tertiary/aromatic N) is 3. The lowest BCUT2D eigenvalue weighted by molar-refractivity contribution is -0.144. The second kappa shape index (κ2) is 11.7. The predicted molar refractivity (Wildman–Crippen MR) is 126 cm³/mol. The van der Waals surface area contributed by atoms with E-state index in [4.69, 9.17) is 4.74 Å². The van der Waals surface area contributed by atoms with Gasteiger partial charge in [0.05, 0.1) is 24.9 Å². The number of benzene rings is 1. The quantitative estimate of drug-likeness (QED) is 0.367. The zero-order valence-corrected chi connectivity index (χ0v) is 20.8. The Morgan fingerprint density at radius 2 is 1.82 bits per heavy atom. The Bertz CT molecular complexity index is 905. The molecule has 0 saturated heterocycles. The molecule has 0 aliphatic carbocycles. The first-order chi connectivity index (χ1) is 15.4. The Kier molecular flexibility index (Phi) is 9.51. The first-order valence-corrected chi connectivity index (χ1v) is 11.9. The van der Waals surface area contributed by atoms with Gasteiger partial charge in [-0.25, -0.2) is 0 Å². The van der Waals surface area contributed by atoms with Crippen LogP contribution < -0.4 is 10.2 Å². The lowest BCUT2D eigenvalue weighted by Crippen LogP contribution is -2.31. The number of halogens is 3. The van der Waals surface area contributed by atoms with E-state index in [-0.39, 0.29) is 23.4 Å². The first-order valence-electron chi connectivity index (χ1n) is 11.1. The number of carbonyl (C=O) groups excluding carboxylic acids is 1. The summed E-state index contributed by atoms with van der Waals surface area (Å²) in [7, 11) is 1.36. The molecule has 0 aliphatic heterocycles. The molecule has 0 saturated carbocycles. The van der Waals surface area contributed by atoms with Gasteiger partial charge in [0.25, 0.3) is 0 Å². The Morgan fingerprint density at radius 1 is 1.18 bits per heavy atom. The van der Waals surface area contributed by atoms with Gasteiger partial charge in [-0.05, 0) is 41.9 Å². The van der Waals surface area contributed by atoms with Crippen molar-refractivity contribution < 1.29 is 22.7 Å². The second-order valence-corrected chi connectivity index (χ2v) is 9.65. The van der Waals surface area contributed by atoms with E-state index in [1.165, 1.54) is 7.11 Å². The van der Waals surface area contributed by atoms with Crippen molar-refractivity contribution in [3.05, 3.63) is 29.6 Å². The number of carbonyl (C=O) groups is 1. The average Bonchev–Trinajstić information content (AvgIpc) is 3.19. The average molecular weight is 487 g/mol. The number of aromatic nitrogens is 2. The van der Waals surface area contributed by atoms with E-state index >= 15 is 0 Å². The third-order valence-corrected chi connectivity index (χ3v) is 5.69. The minimum atomic E-state index is -4.60. The summed E-state index contributed by atoms with van der Waals surface area (Å²) in [5, 5.41) is 3.13. The molecule has 0 amide bonds. The molecule has 1 aromatic carbocycles. The zero-order chi connectivity index (χ0) is 24.8. The molecule has 0 fully saturated rings. The number of alkyl halides is 3. The van der Waals surface area contributed by atoms with Crippen LogP contribution in [0.15, 0.2) is 18.2 Å². The van der Waals surface area contributed by atoms with Crippen LogP contribution in [0.3, 0.4) is 0 Å². The van der Waals surface area contributed by atoms with Gasteiger partial charge in [0.2, 0.25) is 11.0 Å². The van der Waals surface area contributed by atoms with Crippen molar-refractivity contribution >= 4 is 34.0 Å². The number of esters is 1. The lowest BCUT2D eigenvalue weighted by atomic mass is 9.92. The normalized spacial score (nSPS) is 12.8. The highest BCUT2D eigenvalue weighted by molar-refractivity contribution is 7.09. The largest absolute Gasteiger partial charge is 0.469 e. The van der Waals surface area contributed by atoms with Crippen molar-refractivity contribution in [2.75, 3.05) is 30.4 Å². The van der Waals surface area contributed by atoms with Crippen LogP contribution in [0.1, 0.15) is 64.8 Å². The maximum atomic E-state index is 13.0. The number of anilines is 3. The smallest absolute Gasteiger partial charge is 0.452 e. The molecule has 1 aromatic heterocycles. The molecule has 0 spiro atoms. The molecule has 6 nitrogen and oxygen atoms in total. The standard InChI is InChI=1S/C23H33F3N4O2S/c1-7-16(11-20(31)32-6)17-8-9-19(30(12-14(2)3)13-15(4)5)18(10-17)27-22-28-21(29-33-22)23(24,25)26/h8-10,14-16H,7,11-13H2,1-6H3,(H,27,28,29)/t16-/m1/s1. The van der Waals surface area contributed by atoms with Crippen LogP contribution in [0.5, 0.6) is 0 Å². The van der Waals surface area contributed by atoms with Crippen LogP contribution in [0, 0.1) is 11.8 Å². The van der Waals surface area contributed by atoms with E-state index < -0.39 is 12.0 Å². The minimum absolute atomic E-state index is 0.0655. The van der Waals surface area contributed by atoms with E-state index in [1.54, 1.807) is 0 Å². The maximum Gasteiger partial charge on any atom is 0.452 e. The topological polar surface area (TPSA) is 67.3 Å². The highest BCUT2D eigenvalue weighted by Gasteiger charge is 2.36. The Labute approximate surface area is 197 Å². The van der Waals surface area contributed by atoms with Gasteiger partial charge in [0, 0.05) is 24.6 Å². The number of ether oxygens (including phenoxy) is 1. The van der Waals surface area contributed by atoms with Crippen molar-refractivity contribution in [1.29, 1.82) is 0 Å². The monoisotopic (exact) mass is 486 g/mol. The van der Waals surface area contributed by atoms with Gasteiger partial charge in [-0.3, -0.25) is 4.79 Å². The number of hydrogen-bond donors (Lipinski definition) is 1. The van der Waals surface area contributed by atoms with E-state index in [0.717, 1.165) is 24.3 Å². The van der Waals surface area contributed by atoms with Gasteiger partial charge < -0.3 is 15.0 Å². The lowest BCUT2D eigenvalue weighted by Gasteiger charge is -2.31. The predicted octanol–water partition coefficient (Wildman–Crippen LogP) is 6.48. The van der Waals surface area contributed by atoms with E-state index in [2.05, 4.69) is 47.3 Å². The van der Waals surface area contributed by atoms with Crippen molar-refractivity contribution in [2.45, 2.75) is 59.6 Å². The molecule has 184 valence electrons. The summed E-state index contributed by atoms with van der Waals surface area (Å²) in [5.41, 5.74) is 2.42. The van der Waals surface area contributed by atoms with Crippen molar-refractivity contribution in [2.24, 2.45) is 11.8 Å². The van der Waals surface area contributed by atoms with Crippen LogP contribution >= 0.6 is 11.5 Å². The number of hydrogen-bond acceptors (Lipinski definition) is 7. The molecule has 0 aliphatic rings. The summed E-state index contributed by atoms with van der Waals surface area (Å²) in [6, 6.07) is 5.84. The van der Waals surface area contributed by atoms with Crippen molar-refractivity contribution in [1.82, 2.24) is 9.36 Å². The van der Waals surface area contributed by atoms with Gasteiger partial charge >= 0.3 is 12.1 Å². The molecule has 2 rings (SSSR count). The second-order valence-electron chi connectivity index (χ2n) is 8.90. The molecule has 0 radical (unpaired) electrons. The molecular formula is C23H33F3N4O2S. The van der Waals surface area contributed by atoms with Gasteiger partial charge in [-0.15, -0.1) is 0 Å². The number of nitrogens with one attached hydrogen (secondary N) is 1. The molecule has 0 bridgehead atoms.